The minimum atomic E-state index is -0.558. The Hall–Kier alpha value is -2.08. The molecular formula is C28H46O10. The fraction of sp³-hybridized carbons (Fsp3) is 0.714. The van der Waals surface area contributed by atoms with Crippen molar-refractivity contribution in [1.29, 1.82) is 0 Å². The maximum Gasteiger partial charge on any atom is 0.338 e. The van der Waals surface area contributed by atoms with Gasteiger partial charge in [-0.2, -0.15) is 0 Å². The molecule has 0 saturated heterocycles. The molecular weight excluding hydrogens is 496 g/mol. The summed E-state index contributed by atoms with van der Waals surface area (Å²) in [7, 11) is 0. The van der Waals surface area contributed by atoms with Crippen LogP contribution in [0, 0.1) is 0 Å². The predicted molar refractivity (Wildman–Crippen MR) is 141 cm³/mol. The second-order valence-electron chi connectivity index (χ2n) is 8.22. The van der Waals surface area contributed by atoms with Crippen LogP contribution in [-0.2, 0) is 37.9 Å². The number of unbranched alkanes of at least 4 members (excludes halogenated alkanes) is 2. The van der Waals surface area contributed by atoms with Crippen LogP contribution >= 0.6 is 0 Å². The number of rotatable bonds is 24. The van der Waals surface area contributed by atoms with Crippen molar-refractivity contribution in [1.82, 2.24) is 0 Å². The van der Waals surface area contributed by atoms with Crippen molar-refractivity contribution in [2.75, 3.05) is 66.1 Å². The SMILES string of the molecule is CCCCOC(COCCOC(=O)c1cccc(C(=O)OCCOCC(OCC)OCCCC)c1)OCC. The van der Waals surface area contributed by atoms with Crippen molar-refractivity contribution in [3.8, 4) is 0 Å². The lowest BCUT2D eigenvalue weighted by atomic mass is 10.1. The van der Waals surface area contributed by atoms with E-state index in [1.165, 1.54) is 6.07 Å². The summed E-state index contributed by atoms with van der Waals surface area (Å²) in [6.07, 6.45) is 3.08. The Bertz CT molecular complexity index is 685. The molecule has 0 bridgehead atoms. The lowest BCUT2D eigenvalue weighted by Crippen LogP contribution is -2.25. The standard InChI is InChI=1S/C28H46O10/c1-5-9-14-35-25(33-7-3)21-31-16-18-37-27(29)23-12-11-13-24(20-23)28(30)38-19-17-32-22-26(34-8-4)36-15-10-6-2/h11-13,20,25-26H,5-10,14-19,21-22H2,1-4H3. The van der Waals surface area contributed by atoms with E-state index in [9.17, 15) is 9.59 Å². The van der Waals surface area contributed by atoms with E-state index < -0.39 is 24.5 Å². The molecule has 0 saturated carbocycles. The quantitative estimate of drug-likeness (QED) is 0.106. The number of hydrogen-bond acceptors (Lipinski definition) is 10. The van der Waals surface area contributed by atoms with Crippen molar-refractivity contribution < 1.29 is 47.5 Å². The Labute approximate surface area is 227 Å². The fourth-order valence-corrected chi connectivity index (χ4v) is 3.06. The predicted octanol–water partition coefficient (Wildman–Crippen LogP) is 4.39. The second-order valence-corrected chi connectivity index (χ2v) is 8.22. The number of carbonyl (C=O) groups is 2. The van der Waals surface area contributed by atoms with E-state index in [0.29, 0.717) is 26.4 Å². The van der Waals surface area contributed by atoms with Gasteiger partial charge in [-0.3, -0.25) is 0 Å². The first-order valence-corrected chi connectivity index (χ1v) is 13.6. The van der Waals surface area contributed by atoms with Gasteiger partial charge in [0.15, 0.2) is 12.6 Å². The van der Waals surface area contributed by atoms with Crippen molar-refractivity contribution >= 4 is 11.9 Å². The Morgan fingerprint density at radius 2 is 1.08 bits per heavy atom. The third-order valence-corrected chi connectivity index (χ3v) is 5.07. The molecule has 1 aromatic carbocycles. The number of ether oxygens (including phenoxy) is 8. The average molecular weight is 543 g/mol. The second kappa shape index (κ2) is 22.9. The first kappa shape index (κ1) is 33.9. The summed E-state index contributed by atoms with van der Waals surface area (Å²) in [5, 5.41) is 0. The molecule has 0 fully saturated rings. The van der Waals surface area contributed by atoms with Crippen LogP contribution in [-0.4, -0.2) is 90.6 Å². The Morgan fingerprint density at radius 1 is 0.632 bits per heavy atom. The van der Waals surface area contributed by atoms with Gasteiger partial charge in [-0.05, 0) is 44.9 Å². The Balaban J connectivity index is 2.33. The molecule has 38 heavy (non-hydrogen) atoms. The topological polar surface area (TPSA) is 108 Å². The molecule has 0 aromatic heterocycles. The Morgan fingerprint density at radius 3 is 1.47 bits per heavy atom. The van der Waals surface area contributed by atoms with Crippen LogP contribution in [0.5, 0.6) is 0 Å². The van der Waals surface area contributed by atoms with Crippen LogP contribution in [0.15, 0.2) is 24.3 Å². The lowest BCUT2D eigenvalue weighted by molar-refractivity contribution is -0.171. The van der Waals surface area contributed by atoms with Gasteiger partial charge in [0.25, 0.3) is 0 Å². The minimum absolute atomic E-state index is 0.0591. The molecule has 0 aliphatic carbocycles. The molecule has 0 aliphatic heterocycles. The summed E-state index contributed by atoms with van der Waals surface area (Å²) >= 11 is 0. The van der Waals surface area contributed by atoms with E-state index in [1.807, 2.05) is 13.8 Å². The lowest BCUT2D eigenvalue weighted by Gasteiger charge is -2.17. The highest BCUT2D eigenvalue weighted by atomic mass is 16.7. The van der Waals surface area contributed by atoms with Crippen LogP contribution in [0.1, 0.15) is 74.1 Å². The fourth-order valence-electron chi connectivity index (χ4n) is 3.06. The molecule has 10 nitrogen and oxygen atoms in total. The summed E-state index contributed by atoms with van der Waals surface area (Å²) < 4.78 is 43.7. The highest BCUT2D eigenvalue weighted by molar-refractivity contribution is 5.95. The number of hydrogen-bond donors (Lipinski definition) is 0. The van der Waals surface area contributed by atoms with Gasteiger partial charge in [0.1, 0.15) is 13.2 Å². The molecule has 10 heteroatoms. The molecule has 1 rings (SSSR count). The number of carbonyl (C=O) groups excluding carboxylic acids is 2. The molecule has 1 aromatic rings. The monoisotopic (exact) mass is 542 g/mol. The molecule has 0 radical (unpaired) electrons. The van der Waals surface area contributed by atoms with Gasteiger partial charge in [-0.1, -0.05) is 32.8 Å². The first-order valence-electron chi connectivity index (χ1n) is 13.6. The van der Waals surface area contributed by atoms with Crippen LogP contribution in [0.3, 0.4) is 0 Å². The van der Waals surface area contributed by atoms with Crippen LogP contribution < -0.4 is 0 Å². The molecule has 0 N–H and O–H groups in total. The summed E-state index contributed by atoms with van der Waals surface area (Å²) in [5.41, 5.74) is 0.490. The molecule has 0 heterocycles. The van der Waals surface area contributed by atoms with Crippen molar-refractivity contribution in [2.45, 2.75) is 66.0 Å². The van der Waals surface area contributed by atoms with Crippen molar-refractivity contribution in [3.63, 3.8) is 0 Å². The van der Waals surface area contributed by atoms with E-state index in [2.05, 4.69) is 13.8 Å². The summed E-state index contributed by atoms with van der Waals surface area (Å²) in [5.74, 6) is -1.12. The van der Waals surface area contributed by atoms with Gasteiger partial charge >= 0.3 is 11.9 Å². The third-order valence-electron chi connectivity index (χ3n) is 5.07. The highest BCUT2D eigenvalue weighted by Crippen LogP contribution is 2.09. The summed E-state index contributed by atoms with van der Waals surface area (Å²) in [4.78, 5) is 24.8. The van der Waals surface area contributed by atoms with Gasteiger partial charge in [0.2, 0.25) is 0 Å². The molecule has 2 atom stereocenters. The van der Waals surface area contributed by atoms with Crippen molar-refractivity contribution in [2.24, 2.45) is 0 Å². The summed E-state index contributed by atoms with van der Waals surface area (Å²) in [6, 6.07) is 6.18. The summed E-state index contributed by atoms with van der Waals surface area (Å²) in [6.45, 7) is 11.2. The zero-order valence-electron chi connectivity index (χ0n) is 23.4. The molecule has 218 valence electrons. The van der Waals surface area contributed by atoms with Crippen LogP contribution in [0.2, 0.25) is 0 Å². The van der Waals surface area contributed by atoms with E-state index in [4.69, 9.17) is 37.9 Å². The van der Waals surface area contributed by atoms with Crippen molar-refractivity contribution in [3.05, 3.63) is 35.4 Å². The zero-order valence-corrected chi connectivity index (χ0v) is 23.4. The van der Waals surface area contributed by atoms with E-state index in [0.717, 1.165) is 25.7 Å². The molecule has 0 aliphatic rings. The largest absolute Gasteiger partial charge is 0.460 e. The molecule has 0 spiro atoms. The van der Waals surface area contributed by atoms with Gasteiger partial charge in [0.05, 0.1) is 37.6 Å². The van der Waals surface area contributed by atoms with Gasteiger partial charge in [-0.15, -0.1) is 0 Å². The smallest absolute Gasteiger partial charge is 0.338 e. The molecule has 2 unspecified atom stereocenters. The maximum absolute atomic E-state index is 12.4. The van der Waals surface area contributed by atoms with E-state index >= 15 is 0 Å². The van der Waals surface area contributed by atoms with E-state index in [1.54, 1.807) is 18.2 Å². The van der Waals surface area contributed by atoms with Gasteiger partial charge < -0.3 is 37.9 Å². The van der Waals surface area contributed by atoms with Crippen LogP contribution in [0.4, 0.5) is 0 Å². The number of benzene rings is 1. The third kappa shape index (κ3) is 16.0. The highest BCUT2D eigenvalue weighted by Gasteiger charge is 2.14. The van der Waals surface area contributed by atoms with E-state index in [-0.39, 0.29) is 50.8 Å². The van der Waals surface area contributed by atoms with Gasteiger partial charge in [-0.25, -0.2) is 9.59 Å². The Kier molecular flexibility index (Phi) is 20.4. The normalized spacial score (nSPS) is 12.7. The first-order chi connectivity index (χ1) is 18.5. The van der Waals surface area contributed by atoms with Crippen LogP contribution in [0.25, 0.3) is 0 Å². The average Bonchev–Trinajstić information content (AvgIpc) is 2.92. The zero-order chi connectivity index (χ0) is 27.8. The number of esters is 2. The maximum atomic E-state index is 12.4. The minimum Gasteiger partial charge on any atom is -0.460 e. The molecule has 0 amide bonds. The van der Waals surface area contributed by atoms with Gasteiger partial charge in [0, 0.05) is 26.4 Å².